The Hall–Kier alpha value is -0.370. The normalized spacial score (nSPS) is 12.7. The van der Waals surface area contributed by atoms with Gasteiger partial charge >= 0.3 is 0 Å². The fraction of sp³-hybridized carbons (Fsp3) is 0.667. The number of aldehydes is 1. The van der Waals surface area contributed by atoms with Crippen LogP contribution in [-0.2, 0) is 9.59 Å². The van der Waals surface area contributed by atoms with Gasteiger partial charge in [-0.05, 0) is 13.3 Å². The second-order valence-electron chi connectivity index (χ2n) is 1.89. The minimum atomic E-state index is -0.492. The summed E-state index contributed by atoms with van der Waals surface area (Å²) in [4.78, 5) is 20.2. The van der Waals surface area contributed by atoms with Crippen molar-refractivity contribution in [2.24, 2.45) is 0 Å². The Labute approximate surface area is 59.2 Å². The maximum Gasteiger partial charge on any atom is 0.137 e. The molecule has 0 aliphatic rings. The molecule has 0 fully saturated rings. The van der Waals surface area contributed by atoms with Crippen molar-refractivity contribution in [1.82, 2.24) is 0 Å². The van der Waals surface area contributed by atoms with E-state index in [-0.39, 0.29) is 5.78 Å². The Morgan fingerprint density at radius 1 is 1.78 bits per heavy atom. The molecule has 0 heterocycles. The largest absolute Gasteiger partial charge is 0.302 e. The predicted octanol–water partition coefficient (Wildman–Crippen LogP) is 1.16. The average molecular weight is 149 g/mol. The van der Waals surface area contributed by atoms with Gasteiger partial charge in [-0.3, -0.25) is 0 Å². The maximum atomic E-state index is 10.3. The fourth-order valence-electron chi connectivity index (χ4n) is 0.409. The lowest BCUT2D eigenvalue weighted by molar-refractivity contribution is -0.117. The molecule has 0 aliphatic carbocycles. The maximum absolute atomic E-state index is 10.3. The van der Waals surface area contributed by atoms with Gasteiger partial charge in [0, 0.05) is 6.42 Å². The first-order valence-corrected chi connectivity index (χ1v) is 3.19. The van der Waals surface area contributed by atoms with Gasteiger partial charge in [-0.15, -0.1) is 11.6 Å². The second kappa shape index (κ2) is 4.50. The number of hydrogen-bond acceptors (Lipinski definition) is 2. The molecule has 0 aliphatic heterocycles. The van der Waals surface area contributed by atoms with Crippen LogP contribution in [0.15, 0.2) is 0 Å². The molecular formula is C6H9ClO2. The number of alkyl halides is 1. The van der Waals surface area contributed by atoms with Crippen molar-refractivity contribution >= 4 is 23.7 Å². The molecule has 3 heteroatoms. The van der Waals surface area contributed by atoms with Crippen LogP contribution in [0.3, 0.4) is 0 Å². The smallest absolute Gasteiger partial charge is 0.137 e. The van der Waals surface area contributed by atoms with Crippen molar-refractivity contribution in [3.63, 3.8) is 0 Å². The number of rotatable bonds is 4. The van der Waals surface area contributed by atoms with Gasteiger partial charge in [0.2, 0.25) is 0 Å². The summed E-state index contributed by atoms with van der Waals surface area (Å²) in [5.74, 6) is 0.0718. The van der Waals surface area contributed by atoms with E-state index in [0.717, 1.165) is 0 Å². The van der Waals surface area contributed by atoms with Crippen molar-refractivity contribution in [3.8, 4) is 0 Å². The molecule has 0 aromatic rings. The monoisotopic (exact) mass is 148 g/mol. The molecule has 0 amide bonds. The van der Waals surface area contributed by atoms with Crippen molar-refractivity contribution in [1.29, 1.82) is 0 Å². The SMILES string of the molecule is CC(=O)CCC(Cl)C=O. The zero-order chi connectivity index (χ0) is 7.28. The van der Waals surface area contributed by atoms with E-state index in [1.807, 2.05) is 0 Å². The highest BCUT2D eigenvalue weighted by Gasteiger charge is 2.02. The lowest BCUT2D eigenvalue weighted by atomic mass is 10.2. The molecule has 0 aromatic heterocycles. The van der Waals surface area contributed by atoms with E-state index < -0.39 is 5.38 Å². The third-order valence-electron chi connectivity index (χ3n) is 0.920. The van der Waals surface area contributed by atoms with E-state index in [2.05, 4.69) is 0 Å². The summed E-state index contributed by atoms with van der Waals surface area (Å²) < 4.78 is 0. The van der Waals surface area contributed by atoms with Gasteiger partial charge in [0.1, 0.15) is 12.1 Å². The van der Waals surface area contributed by atoms with Gasteiger partial charge in [0.05, 0.1) is 5.38 Å². The number of ketones is 1. The van der Waals surface area contributed by atoms with Gasteiger partial charge < -0.3 is 9.59 Å². The first kappa shape index (κ1) is 8.63. The molecule has 0 saturated heterocycles. The summed E-state index contributed by atoms with van der Waals surface area (Å²) in [7, 11) is 0. The van der Waals surface area contributed by atoms with E-state index in [9.17, 15) is 9.59 Å². The molecule has 0 aromatic carbocycles. The van der Waals surface area contributed by atoms with Crippen LogP contribution < -0.4 is 0 Å². The lowest BCUT2D eigenvalue weighted by Gasteiger charge is -1.95. The first-order valence-electron chi connectivity index (χ1n) is 2.75. The van der Waals surface area contributed by atoms with Gasteiger partial charge in [0.15, 0.2) is 0 Å². The minimum Gasteiger partial charge on any atom is -0.302 e. The van der Waals surface area contributed by atoms with E-state index in [1.165, 1.54) is 6.92 Å². The van der Waals surface area contributed by atoms with E-state index >= 15 is 0 Å². The van der Waals surface area contributed by atoms with Gasteiger partial charge in [-0.2, -0.15) is 0 Å². The molecule has 0 N–H and O–H groups in total. The summed E-state index contributed by atoms with van der Waals surface area (Å²) in [6, 6.07) is 0. The first-order chi connectivity index (χ1) is 4.16. The number of halogens is 1. The highest BCUT2D eigenvalue weighted by atomic mass is 35.5. The third-order valence-corrected chi connectivity index (χ3v) is 1.24. The molecule has 0 rings (SSSR count). The number of Topliss-reactive ketones (excluding diaryl/α,β-unsaturated/α-hetero) is 1. The molecule has 1 atom stereocenters. The number of carbonyl (C=O) groups is 2. The molecule has 52 valence electrons. The Kier molecular flexibility index (Phi) is 4.32. The topological polar surface area (TPSA) is 34.1 Å². The fourth-order valence-corrected chi connectivity index (χ4v) is 0.518. The summed E-state index contributed by atoms with van der Waals surface area (Å²) in [6.45, 7) is 1.48. The van der Waals surface area contributed by atoms with E-state index in [4.69, 9.17) is 11.6 Å². The van der Waals surface area contributed by atoms with Crippen LogP contribution in [0, 0.1) is 0 Å². The standard InChI is InChI=1S/C6H9ClO2/c1-5(9)2-3-6(7)4-8/h4,6H,2-3H2,1H3. The molecule has 0 bridgehead atoms. The molecule has 9 heavy (non-hydrogen) atoms. The molecule has 0 radical (unpaired) electrons. The summed E-state index contributed by atoms with van der Waals surface area (Å²) >= 11 is 5.39. The van der Waals surface area contributed by atoms with Crippen molar-refractivity contribution in [2.75, 3.05) is 0 Å². The highest BCUT2D eigenvalue weighted by Crippen LogP contribution is 2.01. The van der Waals surface area contributed by atoms with Gasteiger partial charge in [-0.1, -0.05) is 0 Å². The van der Waals surface area contributed by atoms with Gasteiger partial charge in [0.25, 0.3) is 0 Å². The minimum absolute atomic E-state index is 0.0718. The van der Waals surface area contributed by atoms with Crippen LogP contribution in [0.4, 0.5) is 0 Å². The highest BCUT2D eigenvalue weighted by molar-refractivity contribution is 6.27. The molecule has 1 unspecified atom stereocenters. The van der Waals surface area contributed by atoms with Crippen molar-refractivity contribution in [3.05, 3.63) is 0 Å². The summed E-state index contributed by atoms with van der Waals surface area (Å²) in [5.41, 5.74) is 0. The summed E-state index contributed by atoms with van der Waals surface area (Å²) in [5, 5.41) is -0.492. The van der Waals surface area contributed by atoms with Crippen LogP contribution in [0.25, 0.3) is 0 Å². The number of hydrogen-bond donors (Lipinski definition) is 0. The summed E-state index contributed by atoms with van der Waals surface area (Å²) in [6.07, 6.45) is 1.50. The average Bonchev–Trinajstić information content (AvgIpc) is 1.83. The predicted molar refractivity (Wildman–Crippen MR) is 35.6 cm³/mol. The van der Waals surface area contributed by atoms with Crippen molar-refractivity contribution < 1.29 is 9.59 Å². The van der Waals surface area contributed by atoms with Crippen LogP contribution in [0.1, 0.15) is 19.8 Å². The second-order valence-corrected chi connectivity index (χ2v) is 2.45. The Morgan fingerprint density at radius 3 is 2.67 bits per heavy atom. The molecule has 0 spiro atoms. The zero-order valence-corrected chi connectivity index (χ0v) is 6.02. The lowest BCUT2D eigenvalue weighted by Crippen LogP contribution is -2.02. The van der Waals surface area contributed by atoms with E-state index in [0.29, 0.717) is 19.1 Å². The molecular weight excluding hydrogens is 140 g/mol. The van der Waals surface area contributed by atoms with Gasteiger partial charge in [-0.25, -0.2) is 0 Å². The van der Waals surface area contributed by atoms with E-state index in [1.54, 1.807) is 0 Å². The zero-order valence-electron chi connectivity index (χ0n) is 5.26. The van der Waals surface area contributed by atoms with Crippen LogP contribution in [-0.4, -0.2) is 17.4 Å². The molecule has 0 saturated carbocycles. The van der Waals surface area contributed by atoms with Crippen LogP contribution in [0.5, 0.6) is 0 Å². The van der Waals surface area contributed by atoms with Crippen LogP contribution in [0.2, 0.25) is 0 Å². The molecule has 2 nitrogen and oxygen atoms in total. The quantitative estimate of drug-likeness (QED) is 0.443. The Morgan fingerprint density at radius 2 is 2.33 bits per heavy atom. The van der Waals surface area contributed by atoms with Crippen molar-refractivity contribution in [2.45, 2.75) is 25.1 Å². The third kappa shape index (κ3) is 5.50. The number of carbonyl (C=O) groups excluding carboxylic acids is 2. The Bertz CT molecular complexity index is 112. The Balaban J connectivity index is 3.26. The van der Waals surface area contributed by atoms with Crippen LogP contribution >= 0.6 is 11.6 Å².